The van der Waals surface area contributed by atoms with Crippen LogP contribution in [0.25, 0.3) is 0 Å². The van der Waals surface area contributed by atoms with Gasteiger partial charge in [-0.05, 0) is 17.7 Å². The minimum atomic E-state index is -5.01. The third kappa shape index (κ3) is 6.76. The lowest BCUT2D eigenvalue weighted by Gasteiger charge is -2.17. The Morgan fingerprint density at radius 1 is 1.07 bits per heavy atom. The van der Waals surface area contributed by atoms with Crippen molar-refractivity contribution in [2.75, 3.05) is 5.32 Å². The van der Waals surface area contributed by atoms with E-state index in [2.05, 4.69) is 10.6 Å². The van der Waals surface area contributed by atoms with Gasteiger partial charge in [0.25, 0.3) is 11.5 Å². The molecule has 0 bridgehead atoms. The maximum atomic E-state index is 12.6. The molecule has 1 unspecified atom stereocenters. The number of carbonyl (C=O) groups excluding carboxylic acids is 2. The zero-order chi connectivity index (χ0) is 21.4. The first-order chi connectivity index (χ1) is 13.7. The van der Waals surface area contributed by atoms with Gasteiger partial charge in [0.2, 0.25) is 5.91 Å². The second kappa shape index (κ2) is 9.49. The smallest absolute Gasteiger partial charge is 0.379 e. The molecule has 0 radical (unpaired) electrons. The molecular weight excluding hydrogens is 391 g/mol. The van der Waals surface area contributed by atoms with Crippen LogP contribution in [0.1, 0.15) is 5.56 Å². The Morgan fingerprint density at radius 2 is 1.69 bits per heavy atom. The zero-order valence-electron chi connectivity index (χ0n) is 14.8. The molecule has 0 aliphatic rings. The van der Waals surface area contributed by atoms with Gasteiger partial charge in [0.05, 0.1) is 4.92 Å². The highest BCUT2D eigenvalue weighted by atomic mass is 19.4. The average molecular weight is 407 g/mol. The van der Waals surface area contributed by atoms with Gasteiger partial charge >= 0.3 is 6.18 Å². The van der Waals surface area contributed by atoms with E-state index in [9.17, 15) is 32.9 Å². The van der Waals surface area contributed by atoms with Gasteiger partial charge in [-0.15, -0.1) is 0 Å². The first-order valence-corrected chi connectivity index (χ1v) is 8.30. The molecule has 1 atom stereocenters. The molecule has 0 heterocycles. The van der Waals surface area contributed by atoms with E-state index in [1.807, 2.05) is 0 Å². The van der Waals surface area contributed by atoms with Crippen molar-refractivity contribution in [3.05, 3.63) is 82.6 Å². The molecule has 0 spiro atoms. The van der Waals surface area contributed by atoms with Crippen LogP contribution in [0.2, 0.25) is 0 Å². The number of rotatable bonds is 8. The Kier molecular flexibility index (Phi) is 7.07. The van der Waals surface area contributed by atoms with E-state index in [1.165, 1.54) is 24.3 Å². The number of alkyl halides is 3. The number of carbonyl (C=O) groups is 2. The van der Waals surface area contributed by atoms with E-state index in [1.54, 1.807) is 30.3 Å². The second-order valence-electron chi connectivity index (χ2n) is 5.90. The number of nitrogens with zero attached hydrogens (tertiary/aromatic N) is 1. The summed E-state index contributed by atoms with van der Waals surface area (Å²) in [6, 6.07) is 12.8. The van der Waals surface area contributed by atoms with Gasteiger partial charge in [0, 0.05) is 36.5 Å². The molecular formula is C19H16F3N3O4. The summed E-state index contributed by atoms with van der Waals surface area (Å²) in [5.74, 6) is -2.65. The summed E-state index contributed by atoms with van der Waals surface area (Å²) in [6.07, 6.45) is -3.80. The maximum absolute atomic E-state index is 12.6. The van der Waals surface area contributed by atoms with E-state index in [-0.39, 0.29) is 17.8 Å². The lowest BCUT2D eigenvalue weighted by molar-refractivity contribution is -0.384. The average Bonchev–Trinajstić information content (AvgIpc) is 2.67. The van der Waals surface area contributed by atoms with Gasteiger partial charge in [-0.25, -0.2) is 0 Å². The van der Waals surface area contributed by atoms with Crippen molar-refractivity contribution in [3.8, 4) is 0 Å². The number of hydrogen-bond acceptors (Lipinski definition) is 5. The van der Waals surface area contributed by atoms with Gasteiger partial charge in [0.1, 0.15) is 6.04 Å². The van der Waals surface area contributed by atoms with Crippen molar-refractivity contribution in [1.29, 1.82) is 0 Å². The van der Waals surface area contributed by atoms with E-state index >= 15 is 0 Å². The molecule has 2 aromatic rings. The summed E-state index contributed by atoms with van der Waals surface area (Å²) in [5.41, 5.74) is 0.853. The summed E-state index contributed by atoms with van der Waals surface area (Å²) in [7, 11) is 0. The molecule has 0 fully saturated rings. The molecule has 2 rings (SSSR count). The van der Waals surface area contributed by atoms with Gasteiger partial charge in [-0.2, -0.15) is 13.2 Å². The number of ketones is 1. The second-order valence-corrected chi connectivity index (χ2v) is 5.90. The Bertz CT molecular complexity index is 897. The van der Waals surface area contributed by atoms with Crippen LogP contribution in [0, 0.1) is 10.1 Å². The molecule has 0 aliphatic heterocycles. The fraction of sp³-hybridized carbons (Fsp3) is 0.158. The molecule has 0 saturated carbocycles. The first kappa shape index (κ1) is 21.6. The lowest BCUT2D eigenvalue weighted by atomic mass is 10.1. The predicted octanol–water partition coefficient (Wildman–Crippen LogP) is 3.38. The standard InChI is InChI=1S/C19H16F3N3O4/c20-19(21,22)17(26)10-11-23-16(12-13-4-2-1-3-5-13)18(27)24-14-6-8-15(9-7-14)25(28)29/h1-11,16,23H,12H2,(H,24,27). The van der Waals surface area contributed by atoms with Gasteiger partial charge < -0.3 is 10.6 Å². The summed E-state index contributed by atoms with van der Waals surface area (Å²) in [5, 5.41) is 15.7. The molecule has 10 heteroatoms. The van der Waals surface area contributed by atoms with Crippen LogP contribution in [0.5, 0.6) is 0 Å². The number of amides is 1. The third-order valence-corrected chi connectivity index (χ3v) is 3.76. The van der Waals surface area contributed by atoms with Gasteiger partial charge in [0.15, 0.2) is 0 Å². The molecule has 0 aliphatic carbocycles. The third-order valence-electron chi connectivity index (χ3n) is 3.76. The molecule has 2 aromatic carbocycles. The highest BCUT2D eigenvalue weighted by Gasteiger charge is 2.36. The molecule has 2 N–H and O–H groups in total. The van der Waals surface area contributed by atoms with Gasteiger partial charge in [-0.3, -0.25) is 19.7 Å². The van der Waals surface area contributed by atoms with Crippen LogP contribution in [-0.2, 0) is 16.0 Å². The Hall–Kier alpha value is -3.69. The molecule has 1 amide bonds. The van der Waals surface area contributed by atoms with Crippen molar-refractivity contribution >= 4 is 23.1 Å². The number of halogens is 3. The minimum absolute atomic E-state index is 0.129. The topological polar surface area (TPSA) is 101 Å². The normalized spacial score (nSPS) is 12.4. The van der Waals surface area contributed by atoms with Crippen LogP contribution < -0.4 is 10.6 Å². The molecule has 152 valence electrons. The number of anilines is 1. The predicted molar refractivity (Wildman–Crippen MR) is 99.0 cm³/mol. The number of nitro benzene ring substituents is 1. The monoisotopic (exact) mass is 407 g/mol. The summed E-state index contributed by atoms with van der Waals surface area (Å²) in [6.45, 7) is 0. The quantitative estimate of drug-likeness (QED) is 0.397. The summed E-state index contributed by atoms with van der Waals surface area (Å²) < 4.78 is 36.9. The van der Waals surface area contributed by atoms with Crippen molar-refractivity contribution in [1.82, 2.24) is 5.32 Å². The van der Waals surface area contributed by atoms with Crippen molar-refractivity contribution in [2.24, 2.45) is 0 Å². The highest BCUT2D eigenvalue weighted by molar-refractivity contribution is 5.96. The molecule has 29 heavy (non-hydrogen) atoms. The summed E-state index contributed by atoms with van der Waals surface area (Å²) in [4.78, 5) is 33.6. The van der Waals surface area contributed by atoms with Crippen LogP contribution in [-0.4, -0.2) is 28.8 Å². The number of non-ortho nitro benzene ring substituents is 1. The SMILES string of the molecule is O=C(Nc1ccc([N+](=O)[O-])cc1)C(Cc1ccccc1)NC=CC(=O)C(F)(F)F. The first-order valence-electron chi connectivity index (χ1n) is 8.30. The minimum Gasteiger partial charge on any atom is -0.379 e. The molecule has 0 aromatic heterocycles. The number of nitrogens with one attached hydrogen (secondary N) is 2. The van der Waals surface area contributed by atoms with Crippen LogP contribution in [0.4, 0.5) is 24.5 Å². The van der Waals surface area contributed by atoms with Crippen molar-refractivity contribution in [2.45, 2.75) is 18.6 Å². The zero-order valence-corrected chi connectivity index (χ0v) is 14.8. The number of hydrogen-bond donors (Lipinski definition) is 2. The summed E-state index contributed by atoms with van der Waals surface area (Å²) >= 11 is 0. The van der Waals surface area contributed by atoms with Crippen LogP contribution in [0.15, 0.2) is 66.9 Å². The fourth-order valence-corrected chi connectivity index (χ4v) is 2.31. The van der Waals surface area contributed by atoms with Crippen LogP contribution in [0.3, 0.4) is 0 Å². The van der Waals surface area contributed by atoms with Crippen molar-refractivity contribution < 1.29 is 27.7 Å². The fourth-order valence-electron chi connectivity index (χ4n) is 2.31. The van der Waals surface area contributed by atoms with Crippen LogP contribution >= 0.6 is 0 Å². The Labute approximate surface area is 163 Å². The Balaban J connectivity index is 2.12. The molecule has 7 nitrogen and oxygen atoms in total. The van der Waals surface area contributed by atoms with Crippen molar-refractivity contribution in [3.63, 3.8) is 0 Å². The number of benzene rings is 2. The van der Waals surface area contributed by atoms with Gasteiger partial charge in [-0.1, -0.05) is 30.3 Å². The lowest BCUT2D eigenvalue weighted by Crippen LogP contribution is -2.39. The van der Waals surface area contributed by atoms with E-state index in [4.69, 9.17) is 0 Å². The largest absolute Gasteiger partial charge is 0.454 e. The van der Waals surface area contributed by atoms with E-state index < -0.39 is 28.8 Å². The maximum Gasteiger partial charge on any atom is 0.454 e. The van der Waals surface area contributed by atoms with E-state index in [0.717, 1.165) is 11.8 Å². The Morgan fingerprint density at radius 3 is 2.24 bits per heavy atom. The number of nitro groups is 1. The number of allylic oxidation sites excluding steroid dienone is 1. The highest BCUT2D eigenvalue weighted by Crippen LogP contribution is 2.17. The molecule has 0 saturated heterocycles. The van der Waals surface area contributed by atoms with E-state index in [0.29, 0.717) is 6.08 Å².